The quantitative estimate of drug-likeness (QED) is 0.270. The molecule has 2 aromatic heterocycles. The van der Waals surface area contributed by atoms with Gasteiger partial charge in [-0.25, -0.2) is 4.39 Å². The smallest absolute Gasteiger partial charge is 0.318 e. The second kappa shape index (κ2) is 11.0. The lowest BCUT2D eigenvalue weighted by molar-refractivity contribution is 0.183. The molecule has 2 saturated heterocycles. The maximum absolute atomic E-state index is 15.1. The van der Waals surface area contributed by atoms with Crippen molar-refractivity contribution < 1.29 is 14.2 Å². The summed E-state index contributed by atoms with van der Waals surface area (Å²) in [6, 6.07) is 8.83. The molecule has 9 nitrogen and oxygen atoms in total. The second-order valence-corrected chi connectivity index (χ2v) is 14.1. The first-order valence-electron chi connectivity index (χ1n) is 16.4. The Morgan fingerprint density at radius 2 is 1.87 bits per heavy atom. The number of hydrogen-bond donors (Lipinski definition) is 2. The number of nitrogens with one attached hydrogen (secondary N) is 1. The lowest BCUT2D eigenvalue weighted by atomic mass is 9.90. The molecular weight excluding hydrogens is 583 g/mol. The van der Waals surface area contributed by atoms with E-state index in [4.69, 9.17) is 21.1 Å². The Balaban J connectivity index is 1.36. The van der Waals surface area contributed by atoms with Crippen molar-refractivity contribution in [3.05, 3.63) is 52.1 Å². The third-order valence-electron chi connectivity index (χ3n) is 10.4. The van der Waals surface area contributed by atoms with Crippen molar-refractivity contribution in [2.24, 2.45) is 5.41 Å². The number of anilines is 1. The number of phenols is 1. The number of terminal acetylenes is 1. The zero-order valence-electron chi connectivity index (χ0n) is 26.4. The molecule has 4 aliphatic rings. The van der Waals surface area contributed by atoms with Crippen LogP contribution in [-0.2, 0) is 0 Å². The molecule has 2 unspecified atom stereocenters. The van der Waals surface area contributed by atoms with Crippen LogP contribution in [-0.4, -0.2) is 77.0 Å². The van der Waals surface area contributed by atoms with Crippen LogP contribution in [0.1, 0.15) is 56.6 Å². The van der Waals surface area contributed by atoms with Gasteiger partial charge >= 0.3 is 6.01 Å². The van der Waals surface area contributed by atoms with E-state index < -0.39 is 5.82 Å². The molecule has 2 aliphatic heterocycles. The van der Waals surface area contributed by atoms with Crippen LogP contribution in [0.3, 0.4) is 0 Å². The first-order chi connectivity index (χ1) is 22.2. The van der Waals surface area contributed by atoms with Crippen molar-refractivity contribution in [2.75, 3.05) is 45.2 Å². The highest BCUT2D eigenvalue weighted by Crippen LogP contribution is 2.46. The van der Waals surface area contributed by atoms with Crippen LogP contribution in [0.15, 0.2) is 35.1 Å². The summed E-state index contributed by atoms with van der Waals surface area (Å²) in [4.78, 5) is 29.1. The number of nitrogens with zero attached hydrogens (tertiary/aromatic N) is 5. The fourth-order valence-corrected chi connectivity index (χ4v) is 7.84. The van der Waals surface area contributed by atoms with E-state index in [0.717, 1.165) is 64.6 Å². The van der Waals surface area contributed by atoms with Crippen molar-refractivity contribution >= 4 is 27.5 Å². The van der Waals surface area contributed by atoms with Gasteiger partial charge < -0.3 is 29.5 Å². The predicted molar refractivity (Wildman–Crippen MR) is 177 cm³/mol. The van der Waals surface area contributed by atoms with Crippen LogP contribution in [0.5, 0.6) is 11.8 Å². The summed E-state index contributed by atoms with van der Waals surface area (Å²) in [5.41, 5.74) is 1.50. The van der Waals surface area contributed by atoms with E-state index in [9.17, 15) is 9.90 Å². The van der Waals surface area contributed by atoms with Gasteiger partial charge in [-0.15, -0.1) is 6.42 Å². The van der Waals surface area contributed by atoms with Gasteiger partial charge in [0.2, 0.25) is 0 Å². The van der Waals surface area contributed by atoms with Gasteiger partial charge in [0, 0.05) is 54.1 Å². The Morgan fingerprint density at radius 1 is 1.11 bits per heavy atom. The maximum atomic E-state index is 15.1. The van der Waals surface area contributed by atoms with Crippen LogP contribution in [0.2, 0.25) is 0 Å². The van der Waals surface area contributed by atoms with Crippen molar-refractivity contribution in [1.82, 2.24) is 24.8 Å². The van der Waals surface area contributed by atoms with E-state index >= 15 is 4.39 Å². The number of fused-ring (bicyclic) bond motifs is 4. The minimum absolute atomic E-state index is 0.00380. The number of halogens is 1. The standard InChI is InChI=1S/C36H39FN6O3/c1-4-26-28(37)11-8-21-14-25(44)15-27(31(21)26)30-16-29-32(34(45)43(30)24-6-5-7-24)33(42-17-22-9-10-23(18-42)38-22)40-35(39-29)46-20-36(12-13-36)19-41(2)3/h1,8,11,14-16,22-24,38,44H,5-7,9-10,12-13,17-20H2,2-3H3. The number of aromatic hydroxyl groups is 1. The highest BCUT2D eigenvalue weighted by molar-refractivity contribution is 6.03. The first-order valence-corrected chi connectivity index (χ1v) is 16.4. The summed E-state index contributed by atoms with van der Waals surface area (Å²) in [7, 11) is 4.14. The van der Waals surface area contributed by atoms with E-state index in [1.165, 1.54) is 6.07 Å². The first kappa shape index (κ1) is 29.2. The summed E-state index contributed by atoms with van der Waals surface area (Å²) in [5.74, 6) is 2.60. The molecule has 2 atom stereocenters. The number of piperazine rings is 1. The molecule has 4 aromatic rings. The predicted octanol–water partition coefficient (Wildman–Crippen LogP) is 4.82. The molecule has 2 saturated carbocycles. The third-order valence-corrected chi connectivity index (χ3v) is 10.4. The van der Waals surface area contributed by atoms with E-state index in [0.29, 0.717) is 57.4 Å². The lowest BCUT2D eigenvalue weighted by Crippen LogP contribution is -2.51. The van der Waals surface area contributed by atoms with Crippen LogP contribution in [0, 0.1) is 23.6 Å². The summed E-state index contributed by atoms with van der Waals surface area (Å²) >= 11 is 0. The summed E-state index contributed by atoms with van der Waals surface area (Å²) < 4.78 is 23.3. The second-order valence-electron chi connectivity index (χ2n) is 14.1. The van der Waals surface area contributed by atoms with Crippen molar-refractivity contribution in [1.29, 1.82) is 0 Å². The van der Waals surface area contributed by atoms with Gasteiger partial charge in [0.1, 0.15) is 22.8 Å². The fraction of sp³-hybridized carbons (Fsp3) is 0.472. The van der Waals surface area contributed by atoms with Gasteiger partial charge in [0.05, 0.1) is 23.4 Å². The molecule has 4 heterocycles. The average Bonchev–Trinajstić information content (AvgIpc) is 3.68. The van der Waals surface area contributed by atoms with Gasteiger partial charge in [-0.1, -0.05) is 12.0 Å². The van der Waals surface area contributed by atoms with Crippen LogP contribution in [0.25, 0.3) is 32.9 Å². The Kier molecular flexibility index (Phi) is 6.96. The summed E-state index contributed by atoms with van der Waals surface area (Å²) in [5, 5.41) is 16.0. The summed E-state index contributed by atoms with van der Waals surface area (Å²) in [6.45, 7) is 2.92. The zero-order valence-corrected chi connectivity index (χ0v) is 26.4. The van der Waals surface area contributed by atoms with Crippen molar-refractivity contribution in [2.45, 2.75) is 63.1 Å². The van der Waals surface area contributed by atoms with E-state index in [2.05, 4.69) is 35.1 Å². The van der Waals surface area contributed by atoms with Gasteiger partial charge in [-0.05, 0) is 88.7 Å². The van der Waals surface area contributed by atoms with Gasteiger partial charge in [-0.2, -0.15) is 9.97 Å². The lowest BCUT2D eigenvalue weighted by Gasteiger charge is -2.35. The Labute approximate surface area is 267 Å². The Bertz CT molecular complexity index is 1960. The number of rotatable bonds is 8. The molecule has 10 heteroatoms. The van der Waals surface area contributed by atoms with Crippen molar-refractivity contribution in [3.63, 3.8) is 0 Å². The molecule has 2 aromatic carbocycles. The minimum atomic E-state index is -0.527. The number of ether oxygens (including phenoxy) is 1. The van der Waals surface area contributed by atoms with E-state index in [-0.39, 0.29) is 34.3 Å². The van der Waals surface area contributed by atoms with Crippen LogP contribution >= 0.6 is 0 Å². The van der Waals surface area contributed by atoms with Crippen molar-refractivity contribution in [3.8, 4) is 35.4 Å². The number of hydrogen-bond acceptors (Lipinski definition) is 8. The molecule has 0 radical (unpaired) electrons. The molecule has 8 rings (SSSR count). The van der Waals surface area contributed by atoms with Crippen LogP contribution < -0.4 is 20.5 Å². The Hall–Kier alpha value is -4.20. The molecule has 0 spiro atoms. The number of pyridine rings is 1. The average molecular weight is 623 g/mol. The SMILES string of the molecule is C#Cc1c(F)ccc2cc(O)cc(-c3cc4nc(OCC5(CN(C)C)CC5)nc(N5CC6CCC(C5)N6)c4c(=O)n3C3CCC3)c12. The van der Waals surface area contributed by atoms with Gasteiger partial charge in [0.25, 0.3) is 5.56 Å². The number of aromatic nitrogens is 3. The molecule has 2 N–H and O–H groups in total. The topological polar surface area (TPSA) is 95.8 Å². The molecule has 2 aliphatic carbocycles. The molecule has 4 fully saturated rings. The highest BCUT2D eigenvalue weighted by atomic mass is 19.1. The molecule has 2 bridgehead atoms. The zero-order chi connectivity index (χ0) is 31.7. The molecule has 46 heavy (non-hydrogen) atoms. The number of benzene rings is 2. The van der Waals surface area contributed by atoms with E-state index in [1.807, 2.05) is 10.6 Å². The third kappa shape index (κ3) is 4.97. The molecule has 0 amide bonds. The largest absolute Gasteiger partial charge is 0.508 e. The van der Waals surface area contributed by atoms with Crippen LogP contribution in [0.4, 0.5) is 10.2 Å². The highest BCUT2D eigenvalue weighted by Gasteiger charge is 2.44. The molecular formula is C36H39FN6O3. The normalized spacial score (nSPS) is 21.9. The maximum Gasteiger partial charge on any atom is 0.318 e. The monoisotopic (exact) mass is 622 g/mol. The minimum Gasteiger partial charge on any atom is -0.508 e. The Morgan fingerprint density at radius 3 is 2.52 bits per heavy atom. The molecule has 238 valence electrons. The van der Waals surface area contributed by atoms with E-state index in [1.54, 1.807) is 18.2 Å². The van der Waals surface area contributed by atoms with Gasteiger partial charge in [-0.3, -0.25) is 4.79 Å². The van der Waals surface area contributed by atoms with Gasteiger partial charge in [0.15, 0.2) is 0 Å². The number of phenolic OH excluding ortho intramolecular Hbond substituents is 1. The summed E-state index contributed by atoms with van der Waals surface area (Å²) in [6.07, 6.45) is 12.9. The fourth-order valence-electron chi connectivity index (χ4n) is 7.84.